The Morgan fingerprint density at radius 3 is 2.68 bits per heavy atom. The number of carbonyl (C=O) groups is 1. The molecule has 0 spiro atoms. The number of carboxylic acids is 1. The van der Waals surface area contributed by atoms with E-state index in [-0.39, 0.29) is 17.2 Å². The minimum atomic E-state index is -1.02. The van der Waals surface area contributed by atoms with Gasteiger partial charge in [0, 0.05) is 11.6 Å². The first-order chi connectivity index (χ1) is 8.83. The van der Waals surface area contributed by atoms with Crippen molar-refractivity contribution < 1.29 is 24.5 Å². The predicted octanol–water partition coefficient (Wildman–Crippen LogP) is 2.47. The largest absolute Gasteiger partial charge is 0.506 e. The Balaban J connectivity index is 2.49. The van der Waals surface area contributed by atoms with Gasteiger partial charge in [-0.05, 0) is 20.3 Å². The molecule has 1 heterocycles. The number of halogens is 1. The Labute approximate surface area is 115 Å². The second kappa shape index (κ2) is 4.81. The van der Waals surface area contributed by atoms with E-state index < -0.39 is 11.4 Å². The van der Waals surface area contributed by atoms with Crippen LogP contribution in [-0.2, 0) is 11.2 Å². The number of rotatable bonds is 3. The van der Waals surface area contributed by atoms with E-state index in [1.807, 2.05) is 0 Å². The Morgan fingerprint density at radius 2 is 2.05 bits per heavy atom. The van der Waals surface area contributed by atoms with Gasteiger partial charge in [-0.2, -0.15) is 0 Å². The first kappa shape index (κ1) is 13.8. The topological polar surface area (TPSA) is 76.0 Å². The van der Waals surface area contributed by atoms with Crippen molar-refractivity contribution in [2.24, 2.45) is 5.41 Å². The molecule has 2 N–H and O–H groups in total. The number of phenols is 1. The third-order valence-electron chi connectivity index (χ3n) is 3.04. The molecule has 0 aliphatic carbocycles. The van der Waals surface area contributed by atoms with Gasteiger partial charge in [-0.3, -0.25) is 4.79 Å². The number of hydrogen-bond acceptors (Lipinski definition) is 4. The van der Waals surface area contributed by atoms with Gasteiger partial charge in [-0.25, -0.2) is 0 Å². The van der Waals surface area contributed by atoms with E-state index in [1.165, 1.54) is 6.07 Å². The summed E-state index contributed by atoms with van der Waals surface area (Å²) in [5.41, 5.74) is -0.560. The monoisotopic (exact) mass is 286 g/mol. The summed E-state index contributed by atoms with van der Waals surface area (Å²) in [6.07, 6.45) is 0.140. The van der Waals surface area contributed by atoms with Gasteiger partial charge in [0.2, 0.25) is 0 Å². The Bertz CT molecular complexity index is 524. The fourth-order valence-corrected chi connectivity index (χ4v) is 2.10. The lowest BCUT2D eigenvalue weighted by Crippen LogP contribution is -2.27. The maximum Gasteiger partial charge on any atom is 0.309 e. The lowest BCUT2D eigenvalue weighted by atomic mass is 9.85. The molecule has 1 aliphatic heterocycles. The molecule has 0 aromatic heterocycles. The molecule has 19 heavy (non-hydrogen) atoms. The van der Waals surface area contributed by atoms with Crippen LogP contribution < -0.4 is 9.47 Å². The van der Waals surface area contributed by atoms with E-state index in [0.29, 0.717) is 30.3 Å². The molecule has 1 aromatic rings. The molecule has 5 nitrogen and oxygen atoms in total. The van der Waals surface area contributed by atoms with Crippen LogP contribution in [0.5, 0.6) is 17.2 Å². The first-order valence-electron chi connectivity index (χ1n) is 5.86. The van der Waals surface area contributed by atoms with Crippen LogP contribution in [0.4, 0.5) is 0 Å². The highest BCUT2D eigenvalue weighted by atomic mass is 35.5. The number of fused-ring (bicyclic) bond motifs is 1. The van der Waals surface area contributed by atoms with Crippen LogP contribution in [0, 0.1) is 5.41 Å². The molecule has 0 atom stereocenters. The Kier molecular flexibility index (Phi) is 3.49. The highest BCUT2D eigenvalue weighted by Crippen LogP contribution is 2.45. The van der Waals surface area contributed by atoms with Gasteiger partial charge in [0.1, 0.15) is 19.0 Å². The number of benzene rings is 1. The van der Waals surface area contributed by atoms with Crippen molar-refractivity contribution in [2.75, 3.05) is 13.2 Å². The molecule has 0 radical (unpaired) electrons. The summed E-state index contributed by atoms with van der Waals surface area (Å²) in [4.78, 5) is 11.2. The van der Waals surface area contributed by atoms with Gasteiger partial charge >= 0.3 is 5.97 Å². The lowest BCUT2D eigenvalue weighted by molar-refractivity contribution is -0.146. The summed E-state index contributed by atoms with van der Waals surface area (Å²) in [7, 11) is 0. The smallest absolute Gasteiger partial charge is 0.309 e. The van der Waals surface area contributed by atoms with Crippen molar-refractivity contribution in [3.63, 3.8) is 0 Å². The molecule has 0 amide bonds. The summed E-state index contributed by atoms with van der Waals surface area (Å²) in [5, 5.41) is 19.1. The molecule has 1 aliphatic rings. The molecule has 0 bridgehead atoms. The van der Waals surface area contributed by atoms with Gasteiger partial charge in [-0.1, -0.05) is 11.6 Å². The molecule has 0 unspecified atom stereocenters. The van der Waals surface area contributed by atoms with Crippen molar-refractivity contribution in [3.8, 4) is 17.2 Å². The van der Waals surface area contributed by atoms with Gasteiger partial charge < -0.3 is 19.7 Å². The van der Waals surface area contributed by atoms with Crippen LogP contribution in [0.1, 0.15) is 19.4 Å². The van der Waals surface area contributed by atoms with Crippen molar-refractivity contribution >= 4 is 17.6 Å². The van der Waals surface area contributed by atoms with E-state index in [2.05, 4.69) is 0 Å². The molecule has 0 saturated carbocycles. The molecule has 0 fully saturated rings. The zero-order valence-corrected chi connectivity index (χ0v) is 11.5. The van der Waals surface area contributed by atoms with Crippen LogP contribution in [0.15, 0.2) is 6.07 Å². The molecule has 2 rings (SSSR count). The second-order valence-corrected chi connectivity index (χ2v) is 5.46. The number of aromatic hydroxyl groups is 1. The summed E-state index contributed by atoms with van der Waals surface area (Å²) in [5.74, 6) is -0.271. The molecular weight excluding hydrogens is 272 g/mol. The van der Waals surface area contributed by atoms with Gasteiger partial charge in [-0.15, -0.1) is 0 Å². The molecule has 1 aromatic carbocycles. The minimum absolute atomic E-state index is 0.110. The fourth-order valence-electron chi connectivity index (χ4n) is 1.89. The fraction of sp³-hybridized carbons (Fsp3) is 0.462. The summed E-state index contributed by atoms with van der Waals surface area (Å²) in [6, 6.07) is 1.38. The average Bonchev–Trinajstić information content (AvgIpc) is 2.34. The highest BCUT2D eigenvalue weighted by molar-refractivity contribution is 6.33. The lowest BCUT2D eigenvalue weighted by Gasteiger charge is -2.26. The normalized spacial score (nSPS) is 14.3. The zero-order valence-electron chi connectivity index (χ0n) is 10.7. The van der Waals surface area contributed by atoms with Gasteiger partial charge in [0.25, 0.3) is 0 Å². The van der Waals surface area contributed by atoms with E-state index in [0.717, 1.165) is 0 Å². The molecule has 6 heteroatoms. The van der Waals surface area contributed by atoms with Gasteiger partial charge in [0.15, 0.2) is 11.5 Å². The summed E-state index contributed by atoms with van der Waals surface area (Å²) >= 11 is 6.06. The quantitative estimate of drug-likeness (QED) is 0.893. The van der Waals surface area contributed by atoms with Crippen molar-refractivity contribution in [2.45, 2.75) is 20.3 Å². The van der Waals surface area contributed by atoms with Crippen molar-refractivity contribution in [1.29, 1.82) is 0 Å². The summed E-state index contributed by atoms with van der Waals surface area (Å²) in [6.45, 7) is 3.93. The number of aliphatic carboxylic acids is 1. The van der Waals surface area contributed by atoms with Crippen molar-refractivity contribution in [1.82, 2.24) is 0 Å². The number of carboxylic acid groups (broad SMARTS) is 1. The predicted molar refractivity (Wildman–Crippen MR) is 69.2 cm³/mol. The zero-order chi connectivity index (χ0) is 14.2. The van der Waals surface area contributed by atoms with E-state index >= 15 is 0 Å². The highest BCUT2D eigenvalue weighted by Gasteiger charge is 2.32. The van der Waals surface area contributed by atoms with Crippen LogP contribution in [0.25, 0.3) is 0 Å². The van der Waals surface area contributed by atoms with E-state index in [4.69, 9.17) is 21.1 Å². The Hall–Kier alpha value is -1.62. The van der Waals surface area contributed by atoms with Gasteiger partial charge in [0.05, 0.1) is 10.4 Å². The van der Waals surface area contributed by atoms with Crippen LogP contribution in [-0.4, -0.2) is 29.4 Å². The van der Waals surface area contributed by atoms with Crippen LogP contribution >= 0.6 is 11.6 Å². The molecule has 104 valence electrons. The summed E-state index contributed by atoms with van der Waals surface area (Å²) < 4.78 is 10.9. The van der Waals surface area contributed by atoms with Crippen LogP contribution in [0.2, 0.25) is 5.02 Å². The van der Waals surface area contributed by atoms with Crippen LogP contribution in [0.3, 0.4) is 0 Å². The third-order valence-corrected chi connectivity index (χ3v) is 3.46. The number of phenolic OH excluding ortho intramolecular Hbond substituents is 1. The van der Waals surface area contributed by atoms with E-state index in [1.54, 1.807) is 13.8 Å². The maximum absolute atomic E-state index is 11.2. The molecular formula is C13H15ClO5. The van der Waals surface area contributed by atoms with Crippen molar-refractivity contribution in [3.05, 3.63) is 16.7 Å². The minimum Gasteiger partial charge on any atom is -0.506 e. The number of hydrogen-bond donors (Lipinski definition) is 2. The maximum atomic E-state index is 11.2. The molecule has 0 saturated heterocycles. The standard InChI is InChI=1S/C13H15ClO5/c1-13(2,12(16)17)6-7-10(14)8(15)5-9-11(7)19-4-3-18-9/h5,15H,3-4,6H2,1-2H3,(H,16,17). The second-order valence-electron chi connectivity index (χ2n) is 5.08. The third kappa shape index (κ3) is 2.56. The van der Waals surface area contributed by atoms with E-state index in [9.17, 15) is 15.0 Å². The SMILES string of the molecule is CC(C)(Cc1c(Cl)c(O)cc2c1OCCO2)C(=O)O. The number of ether oxygens (including phenoxy) is 2. The Morgan fingerprint density at radius 1 is 1.42 bits per heavy atom. The first-order valence-corrected chi connectivity index (χ1v) is 6.24. The average molecular weight is 287 g/mol.